The molecule has 0 saturated carbocycles. The van der Waals surface area contributed by atoms with Gasteiger partial charge in [0.15, 0.2) is 5.65 Å². The SMILES string of the molecule is C/C=C(\C)c1[nH]n2c(=O)c(CCCCC)c(C(C)CC)nc2c1Nc1ccc(N(CC)CC)cc1C. The minimum absolute atomic E-state index is 0.0261. The predicted molar refractivity (Wildman–Crippen MR) is 155 cm³/mol. The van der Waals surface area contributed by atoms with Gasteiger partial charge < -0.3 is 10.2 Å². The number of nitrogens with one attached hydrogen (secondary N) is 2. The lowest BCUT2D eigenvalue weighted by atomic mass is 9.97. The first-order chi connectivity index (χ1) is 17.3. The molecule has 1 unspecified atom stereocenters. The van der Waals surface area contributed by atoms with Gasteiger partial charge >= 0.3 is 0 Å². The molecule has 0 bridgehead atoms. The zero-order valence-electron chi connectivity index (χ0n) is 23.6. The monoisotopic (exact) mass is 491 g/mol. The largest absolute Gasteiger partial charge is 0.372 e. The normalized spacial score (nSPS) is 12.8. The highest BCUT2D eigenvalue weighted by Gasteiger charge is 2.23. The van der Waals surface area contributed by atoms with Gasteiger partial charge in [0.2, 0.25) is 0 Å². The lowest BCUT2D eigenvalue weighted by molar-refractivity contribution is 0.657. The Morgan fingerprint density at radius 2 is 1.92 bits per heavy atom. The average Bonchev–Trinajstić information content (AvgIpc) is 3.25. The molecule has 0 aliphatic heterocycles. The van der Waals surface area contributed by atoms with Crippen LogP contribution in [0.4, 0.5) is 17.1 Å². The molecule has 2 aromatic heterocycles. The first-order valence-corrected chi connectivity index (χ1v) is 13.7. The van der Waals surface area contributed by atoms with Crippen LogP contribution >= 0.6 is 0 Å². The van der Waals surface area contributed by atoms with Crippen molar-refractivity contribution in [2.24, 2.45) is 0 Å². The smallest absolute Gasteiger partial charge is 0.276 e. The Morgan fingerprint density at radius 1 is 1.19 bits per heavy atom. The lowest BCUT2D eigenvalue weighted by Crippen LogP contribution is -2.24. The van der Waals surface area contributed by atoms with E-state index in [0.29, 0.717) is 5.65 Å². The standard InChI is InChI=1S/C30H45N5O/c1-9-14-15-16-24-26(20(6)10-2)32-29-28(27(21(7)11-3)33-35(29)30(24)36)31-25-18-17-23(19-22(25)8)34(12-4)13-5/h11,17-20,31,33H,9-10,12-16H2,1-8H3/b21-11+. The van der Waals surface area contributed by atoms with E-state index in [2.05, 4.69) is 88.1 Å². The zero-order valence-corrected chi connectivity index (χ0v) is 23.6. The van der Waals surface area contributed by atoms with Gasteiger partial charge in [-0.2, -0.15) is 4.52 Å². The Hall–Kier alpha value is -3.02. The second-order valence-electron chi connectivity index (χ2n) is 9.84. The van der Waals surface area contributed by atoms with Crippen molar-refractivity contribution in [3.05, 3.63) is 57.1 Å². The number of rotatable bonds is 12. The summed E-state index contributed by atoms with van der Waals surface area (Å²) in [6.45, 7) is 19.0. The fraction of sp³-hybridized carbons (Fsp3) is 0.533. The summed E-state index contributed by atoms with van der Waals surface area (Å²) in [5, 5.41) is 7.04. The molecule has 6 heteroatoms. The van der Waals surface area contributed by atoms with Crippen LogP contribution < -0.4 is 15.8 Å². The number of hydrogen-bond acceptors (Lipinski definition) is 4. The van der Waals surface area contributed by atoms with Crippen LogP contribution in [0.5, 0.6) is 0 Å². The van der Waals surface area contributed by atoms with Gasteiger partial charge in [-0.05, 0) is 89.1 Å². The van der Waals surface area contributed by atoms with Crippen LogP contribution in [0.15, 0.2) is 29.1 Å². The summed E-state index contributed by atoms with van der Waals surface area (Å²) in [5.41, 5.74) is 8.70. The first-order valence-electron chi connectivity index (χ1n) is 13.7. The highest BCUT2D eigenvalue weighted by Crippen LogP contribution is 2.33. The summed E-state index contributed by atoms with van der Waals surface area (Å²) in [5.74, 6) is 0.225. The molecule has 1 atom stereocenters. The quantitative estimate of drug-likeness (QED) is 0.256. The van der Waals surface area contributed by atoms with Crippen molar-refractivity contribution in [1.82, 2.24) is 14.6 Å². The van der Waals surface area contributed by atoms with Gasteiger partial charge in [-0.1, -0.05) is 39.7 Å². The average molecular weight is 492 g/mol. The Morgan fingerprint density at radius 3 is 2.50 bits per heavy atom. The first kappa shape index (κ1) is 27.6. The van der Waals surface area contributed by atoms with Crippen molar-refractivity contribution < 1.29 is 0 Å². The summed E-state index contributed by atoms with van der Waals surface area (Å²) in [4.78, 5) is 21.3. The summed E-state index contributed by atoms with van der Waals surface area (Å²) in [7, 11) is 0. The van der Waals surface area contributed by atoms with E-state index in [4.69, 9.17) is 4.98 Å². The molecule has 2 heterocycles. The number of unbranched alkanes of at least 4 members (excludes halogenated alkanes) is 2. The maximum Gasteiger partial charge on any atom is 0.276 e. The van der Waals surface area contributed by atoms with E-state index in [-0.39, 0.29) is 11.5 Å². The molecule has 0 spiro atoms. The number of aromatic nitrogens is 3. The molecule has 3 rings (SSSR count). The highest BCUT2D eigenvalue weighted by molar-refractivity contribution is 5.86. The van der Waals surface area contributed by atoms with Crippen molar-refractivity contribution >= 4 is 28.3 Å². The van der Waals surface area contributed by atoms with E-state index < -0.39 is 0 Å². The van der Waals surface area contributed by atoms with Gasteiger partial charge in [-0.25, -0.2) is 4.98 Å². The highest BCUT2D eigenvalue weighted by atomic mass is 16.1. The second kappa shape index (κ2) is 12.3. The Bertz CT molecular complexity index is 1260. The van der Waals surface area contributed by atoms with E-state index in [1.807, 2.05) is 6.92 Å². The van der Waals surface area contributed by atoms with Gasteiger partial charge in [0.25, 0.3) is 5.56 Å². The number of hydrogen-bond donors (Lipinski definition) is 2. The fourth-order valence-corrected chi connectivity index (χ4v) is 4.77. The third-order valence-corrected chi connectivity index (χ3v) is 7.44. The minimum Gasteiger partial charge on any atom is -0.372 e. The van der Waals surface area contributed by atoms with Gasteiger partial charge in [-0.15, -0.1) is 0 Å². The van der Waals surface area contributed by atoms with E-state index in [1.165, 1.54) is 5.69 Å². The predicted octanol–water partition coefficient (Wildman–Crippen LogP) is 7.59. The number of fused-ring (bicyclic) bond motifs is 1. The van der Waals surface area contributed by atoms with Gasteiger partial charge in [0.05, 0.1) is 11.4 Å². The number of H-pyrrole nitrogens is 1. The molecule has 1 aromatic carbocycles. The Kier molecular flexibility index (Phi) is 9.41. The maximum atomic E-state index is 13.8. The summed E-state index contributed by atoms with van der Waals surface area (Å²) < 4.78 is 1.65. The number of aromatic amines is 1. The molecular formula is C30H45N5O. The van der Waals surface area contributed by atoms with E-state index in [1.54, 1.807) is 4.52 Å². The van der Waals surface area contributed by atoms with E-state index in [0.717, 1.165) is 84.7 Å². The lowest BCUT2D eigenvalue weighted by Gasteiger charge is -2.22. The van der Waals surface area contributed by atoms with Crippen molar-refractivity contribution in [2.75, 3.05) is 23.3 Å². The molecule has 2 N–H and O–H groups in total. The molecule has 196 valence electrons. The molecule has 0 amide bonds. The van der Waals surface area contributed by atoms with E-state index in [9.17, 15) is 4.79 Å². The topological polar surface area (TPSA) is 65.4 Å². The van der Waals surface area contributed by atoms with Crippen molar-refractivity contribution in [3.63, 3.8) is 0 Å². The fourth-order valence-electron chi connectivity index (χ4n) is 4.77. The van der Waals surface area contributed by atoms with Crippen LogP contribution in [0.3, 0.4) is 0 Å². The van der Waals surface area contributed by atoms with Gasteiger partial charge in [-0.3, -0.25) is 9.89 Å². The van der Waals surface area contributed by atoms with Crippen LogP contribution in [0.2, 0.25) is 0 Å². The molecular weight excluding hydrogens is 446 g/mol. The molecule has 0 saturated heterocycles. The van der Waals surface area contributed by atoms with Crippen LogP contribution in [0.1, 0.15) is 103 Å². The summed E-state index contributed by atoms with van der Waals surface area (Å²) >= 11 is 0. The molecule has 6 nitrogen and oxygen atoms in total. The van der Waals surface area contributed by atoms with Crippen molar-refractivity contribution in [3.8, 4) is 0 Å². The third-order valence-electron chi connectivity index (χ3n) is 7.44. The molecule has 0 aliphatic carbocycles. The molecule has 0 radical (unpaired) electrons. The van der Waals surface area contributed by atoms with Crippen LogP contribution in [0.25, 0.3) is 11.2 Å². The van der Waals surface area contributed by atoms with Crippen molar-refractivity contribution in [2.45, 2.75) is 93.4 Å². The summed E-state index contributed by atoms with van der Waals surface area (Å²) in [6.07, 6.45) is 7.04. The second-order valence-corrected chi connectivity index (χ2v) is 9.84. The van der Waals surface area contributed by atoms with Gasteiger partial charge in [0.1, 0.15) is 5.69 Å². The van der Waals surface area contributed by atoms with Crippen LogP contribution in [-0.2, 0) is 6.42 Å². The number of anilines is 3. The minimum atomic E-state index is 0.0261. The molecule has 0 fully saturated rings. The Labute approximate surface area is 216 Å². The van der Waals surface area contributed by atoms with Crippen LogP contribution in [0, 0.1) is 6.92 Å². The number of allylic oxidation sites excluding steroid dienone is 2. The maximum absolute atomic E-state index is 13.8. The van der Waals surface area contributed by atoms with Crippen LogP contribution in [-0.4, -0.2) is 27.7 Å². The number of nitrogens with zero attached hydrogens (tertiary/aromatic N) is 3. The molecule has 3 aromatic rings. The number of benzene rings is 1. The molecule has 36 heavy (non-hydrogen) atoms. The molecule has 0 aliphatic rings. The van der Waals surface area contributed by atoms with E-state index >= 15 is 0 Å². The third kappa shape index (κ3) is 5.53. The number of aryl methyl sites for hydroxylation is 1. The Balaban J connectivity index is 2.20. The van der Waals surface area contributed by atoms with Crippen molar-refractivity contribution in [1.29, 1.82) is 0 Å². The zero-order chi connectivity index (χ0) is 26.4. The van der Waals surface area contributed by atoms with Gasteiger partial charge in [0, 0.05) is 30.0 Å². The summed E-state index contributed by atoms with van der Waals surface area (Å²) in [6, 6.07) is 6.52.